The van der Waals surface area contributed by atoms with Crippen molar-refractivity contribution in [3.05, 3.63) is 120 Å². The number of ether oxygens (including phenoxy) is 5. The van der Waals surface area contributed by atoms with Crippen LogP contribution >= 0.6 is 0 Å². The molecule has 0 aromatic heterocycles. The molecule has 5 heteroatoms. The minimum absolute atomic E-state index is 0.254. The third-order valence-corrected chi connectivity index (χ3v) is 6.54. The minimum atomic E-state index is -0.949. The van der Waals surface area contributed by atoms with Gasteiger partial charge in [-0.3, -0.25) is 0 Å². The summed E-state index contributed by atoms with van der Waals surface area (Å²) in [5.41, 5.74) is 3.26. The van der Waals surface area contributed by atoms with E-state index in [2.05, 4.69) is 30.8 Å². The molecule has 0 spiro atoms. The van der Waals surface area contributed by atoms with Crippen molar-refractivity contribution in [2.45, 2.75) is 56.4 Å². The lowest BCUT2D eigenvalue weighted by Crippen LogP contribution is -2.62. The quantitative estimate of drug-likeness (QED) is 0.348. The predicted octanol–water partition coefficient (Wildman–Crippen LogP) is 5.44. The first-order chi connectivity index (χ1) is 17.3. The van der Waals surface area contributed by atoms with Crippen molar-refractivity contribution in [3.63, 3.8) is 0 Å². The molecule has 0 aliphatic carbocycles. The van der Waals surface area contributed by atoms with Gasteiger partial charge in [-0.05, 0) is 16.7 Å². The molecule has 2 fully saturated rings. The molecule has 35 heavy (non-hydrogen) atoms. The normalized spacial score (nSPS) is 27.5. The van der Waals surface area contributed by atoms with E-state index in [0.717, 1.165) is 16.7 Å². The first-order valence-electron chi connectivity index (χ1n) is 12.2. The zero-order valence-corrected chi connectivity index (χ0v) is 19.8. The molecule has 2 bridgehead atoms. The Morgan fingerprint density at radius 1 is 0.714 bits per heavy atom. The molecule has 0 saturated carbocycles. The molecule has 5 atom stereocenters. The molecule has 5 nitrogen and oxygen atoms in total. The van der Waals surface area contributed by atoms with Crippen LogP contribution in [0.4, 0.5) is 0 Å². The molecule has 2 aliphatic heterocycles. The lowest BCUT2D eigenvalue weighted by molar-refractivity contribution is -0.320. The monoisotopic (exact) mass is 472 g/mol. The maximum Gasteiger partial charge on any atom is 0.201 e. The van der Waals surface area contributed by atoms with Gasteiger partial charge in [0.1, 0.15) is 24.4 Å². The Hall–Kier alpha value is -2.80. The van der Waals surface area contributed by atoms with Crippen LogP contribution in [-0.2, 0) is 43.5 Å². The fourth-order valence-electron chi connectivity index (χ4n) is 4.82. The topological polar surface area (TPSA) is 46.2 Å². The zero-order chi connectivity index (χ0) is 23.9. The standard InChI is InChI=1S/C30H32O5/c1-2-18-30-29(33-21-25-16-10-5-11-17-25)28(32-20-24-14-8-4-9-15-24)27(26(35-30)22-34-30)31-19-23-12-6-3-7-13-23/h2-17,26-29H,1,18-22H2/t26-,27-,28+,29-,30+/m1/s1. The molecule has 0 unspecified atom stereocenters. The highest BCUT2D eigenvalue weighted by molar-refractivity contribution is 5.16. The van der Waals surface area contributed by atoms with E-state index in [1.165, 1.54) is 0 Å². The van der Waals surface area contributed by atoms with Crippen LogP contribution < -0.4 is 0 Å². The minimum Gasteiger partial charge on any atom is -0.368 e. The molecule has 5 rings (SSSR count). The van der Waals surface area contributed by atoms with Gasteiger partial charge in [-0.1, -0.05) is 97.1 Å². The summed E-state index contributed by atoms with van der Waals surface area (Å²) in [6, 6.07) is 30.4. The maximum absolute atomic E-state index is 6.58. The molecule has 3 aromatic carbocycles. The van der Waals surface area contributed by atoms with Crippen LogP contribution in [0.25, 0.3) is 0 Å². The van der Waals surface area contributed by atoms with Crippen LogP contribution in [0.5, 0.6) is 0 Å². The van der Waals surface area contributed by atoms with E-state index in [0.29, 0.717) is 32.8 Å². The molecular formula is C30H32O5. The fraction of sp³-hybridized carbons (Fsp3) is 0.333. The van der Waals surface area contributed by atoms with Crippen LogP contribution in [0.1, 0.15) is 23.1 Å². The lowest BCUT2D eigenvalue weighted by atomic mass is 9.91. The molecule has 3 aromatic rings. The molecule has 2 saturated heterocycles. The van der Waals surface area contributed by atoms with Gasteiger partial charge < -0.3 is 23.7 Å². The summed E-state index contributed by atoms with van der Waals surface area (Å²) >= 11 is 0. The van der Waals surface area contributed by atoms with Gasteiger partial charge in [0.2, 0.25) is 5.79 Å². The molecule has 0 amide bonds. The van der Waals surface area contributed by atoms with Gasteiger partial charge in [0.15, 0.2) is 0 Å². The highest BCUT2D eigenvalue weighted by Crippen LogP contribution is 2.44. The van der Waals surface area contributed by atoms with E-state index in [9.17, 15) is 0 Å². The smallest absolute Gasteiger partial charge is 0.201 e. The highest BCUT2D eigenvalue weighted by Gasteiger charge is 2.61. The number of fused-ring (bicyclic) bond motifs is 2. The zero-order valence-electron chi connectivity index (χ0n) is 19.8. The van der Waals surface area contributed by atoms with Crippen molar-refractivity contribution in [3.8, 4) is 0 Å². The van der Waals surface area contributed by atoms with E-state index in [4.69, 9.17) is 23.7 Å². The molecule has 0 radical (unpaired) electrons. The second kappa shape index (κ2) is 11.3. The third kappa shape index (κ3) is 5.56. The van der Waals surface area contributed by atoms with Gasteiger partial charge in [0, 0.05) is 6.42 Å². The second-order valence-corrected chi connectivity index (χ2v) is 9.01. The molecule has 2 aliphatic rings. The highest BCUT2D eigenvalue weighted by atomic mass is 16.8. The largest absolute Gasteiger partial charge is 0.368 e. The van der Waals surface area contributed by atoms with Crippen LogP contribution in [-0.4, -0.2) is 36.8 Å². The number of rotatable bonds is 11. The van der Waals surface area contributed by atoms with Gasteiger partial charge in [0.25, 0.3) is 0 Å². The van der Waals surface area contributed by atoms with Crippen molar-refractivity contribution >= 4 is 0 Å². The van der Waals surface area contributed by atoms with Crippen LogP contribution in [0.2, 0.25) is 0 Å². The van der Waals surface area contributed by atoms with E-state index in [-0.39, 0.29) is 18.3 Å². The summed E-state index contributed by atoms with van der Waals surface area (Å²) in [5, 5.41) is 0. The summed E-state index contributed by atoms with van der Waals surface area (Å²) in [6.07, 6.45) is 0.837. The Kier molecular flexibility index (Phi) is 7.72. The lowest BCUT2D eigenvalue weighted by Gasteiger charge is -2.46. The molecule has 0 N–H and O–H groups in total. The Balaban J connectivity index is 1.42. The number of benzene rings is 3. The average Bonchev–Trinajstić information content (AvgIpc) is 3.29. The molecular weight excluding hydrogens is 440 g/mol. The molecule has 2 heterocycles. The van der Waals surface area contributed by atoms with Crippen LogP contribution in [0.3, 0.4) is 0 Å². The SMILES string of the molecule is C=CC[C@]12OC[C@@H](O1)[C@@H](OCc1ccccc1)[C@H](OCc1ccccc1)[C@H]2OCc1ccccc1. The van der Waals surface area contributed by atoms with E-state index in [1.807, 2.05) is 72.8 Å². The van der Waals surface area contributed by atoms with Crippen molar-refractivity contribution in [2.24, 2.45) is 0 Å². The van der Waals surface area contributed by atoms with Gasteiger partial charge in [-0.25, -0.2) is 0 Å². The fourth-order valence-corrected chi connectivity index (χ4v) is 4.82. The first kappa shape index (κ1) is 23.9. The van der Waals surface area contributed by atoms with Crippen molar-refractivity contribution in [2.75, 3.05) is 6.61 Å². The van der Waals surface area contributed by atoms with Gasteiger partial charge >= 0.3 is 0 Å². The summed E-state index contributed by atoms with van der Waals surface area (Å²) in [6.45, 7) is 5.68. The second-order valence-electron chi connectivity index (χ2n) is 9.01. The van der Waals surface area contributed by atoms with E-state index in [1.54, 1.807) is 0 Å². The number of hydrogen-bond donors (Lipinski definition) is 0. The van der Waals surface area contributed by atoms with E-state index >= 15 is 0 Å². The summed E-state index contributed by atoms with van der Waals surface area (Å²) < 4.78 is 32.4. The van der Waals surface area contributed by atoms with Gasteiger partial charge in [0.05, 0.1) is 26.4 Å². The van der Waals surface area contributed by atoms with Gasteiger partial charge in [-0.2, -0.15) is 0 Å². The summed E-state index contributed by atoms with van der Waals surface area (Å²) in [4.78, 5) is 0. The van der Waals surface area contributed by atoms with Gasteiger partial charge in [-0.15, -0.1) is 6.58 Å². The van der Waals surface area contributed by atoms with E-state index < -0.39 is 11.9 Å². The Morgan fingerprint density at radius 3 is 1.71 bits per heavy atom. The van der Waals surface area contributed by atoms with Crippen molar-refractivity contribution < 1.29 is 23.7 Å². The molecule has 182 valence electrons. The Labute approximate surface area is 207 Å². The van der Waals surface area contributed by atoms with Crippen LogP contribution in [0.15, 0.2) is 104 Å². The summed E-state index contributed by atoms with van der Waals surface area (Å²) in [5.74, 6) is -0.949. The maximum atomic E-state index is 6.58. The van der Waals surface area contributed by atoms with Crippen molar-refractivity contribution in [1.82, 2.24) is 0 Å². The Bertz CT molecular complexity index is 1060. The number of hydrogen-bond acceptors (Lipinski definition) is 5. The van der Waals surface area contributed by atoms with Crippen molar-refractivity contribution in [1.29, 1.82) is 0 Å². The summed E-state index contributed by atoms with van der Waals surface area (Å²) in [7, 11) is 0. The average molecular weight is 473 g/mol. The third-order valence-electron chi connectivity index (χ3n) is 6.54. The Morgan fingerprint density at radius 2 is 1.20 bits per heavy atom. The first-order valence-corrected chi connectivity index (χ1v) is 12.2. The van der Waals surface area contributed by atoms with Crippen LogP contribution in [0, 0.1) is 0 Å². The predicted molar refractivity (Wildman–Crippen MR) is 133 cm³/mol.